The standard InChI is InChI=1S/C30H32N4O4/c1-18(19-5-6-19)38-30(36)33-22-9-7-20(8-10-22)29-26(16-31)25-15-24(37-17-28(35)32-21-11-12-21)13-14-27(25)34(29)23-3-2-4-23/h7-10,13-15,18-19,21,23H,2-6,11-12,17H2,1H3,(H,32,35)(H,33,36). The maximum atomic E-state index is 12.3. The number of rotatable bonds is 9. The number of nitrogens with zero attached hydrogens (tertiary/aromatic N) is 2. The smallest absolute Gasteiger partial charge is 0.411 e. The Hall–Kier alpha value is -3.99. The Morgan fingerprint density at radius 3 is 2.47 bits per heavy atom. The summed E-state index contributed by atoms with van der Waals surface area (Å²) >= 11 is 0. The number of anilines is 1. The monoisotopic (exact) mass is 512 g/mol. The molecule has 1 aromatic heterocycles. The zero-order chi connectivity index (χ0) is 26.2. The Morgan fingerprint density at radius 2 is 1.84 bits per heavy atom. The molecule has 3 fully saturated rings. The number of amides is 2. The van der Waals surface area contributed by atoms with Crippen LogP contribution < -0.4 is 15.4 Å². The van der Waals surface area contributed by atoms with Crippen molar-refractivity contribution in [3.63, 3.8) is 0 Å². The van der Waals surface area contributed by atoms with Crippen molar-refractivity contribution in [1.82, 2.24) is 9.88 Å². The maximum absolute atomic E-state index is 12.3. The molecule has 2 N–H and O–H groups in total. The molecule has 2 amide bonds. The number of nitriles is 1. The van der Waals surface area contributed by atoms with Gasteiger partial charge in [-0.05, 0) is 93.7 Å². The molecule has 0 saturated heterocycles. The van der Waals surface area contributed by atoms with Gasteiger partial charge in [-0.2, -0.15) is 5.26 Å². The topological polar surface area (TPSA) is 105 Å². The average Bonchev–Trinajstić information content (AvgIpc) is 3.80. The minimum absolute atomic E-state index is 0.0452. The van der Waals surface area contributed by atoms with Gasteiger partial charge in [0.15, 0.2) is 6.61 Å². The zero-order valence-corrected chi connectivity index (χ0v) is 21.5. The van der Waals surface area contributed by atoms with Crippen molar-refractivity contribution in [2.45, 2.75) is 70.1 Å². The Balaban J connectivity index is 1.26. The lowest BCUT2D eigenvalue weighted by molar-refractivity contribution is -0.123. The molecule has 1 unspecified atom stereocenters. The summed E-state index contributed by atoms with van der Waals surface area (Å²) < 4.78 is 13.5. The molecule has 0 aliphatic heterocycles. The molecule has 0 bridgehead atoms. The number of hydrogen-bond acceptors (Lipinski definition) is 5. The zero-order valence-electron chi connectivity index (χ0n) is 21.5. The van der Waals surface area contributed by atoms with Crippen LogP contribution in [0.5, 0.6) is 5.75 Å². The number of fused-ring (bicyclic) bond motifs is 1. The van der Waals surface area contributed by atoms with Crippen LogP contribution in [0.1, 0.15) is 63.5 Å². The first kappa shape index (κ1) is 24.4. The Morgan fingerprint density at radius 1 is 1.08 bits per heavy atom. The molecule has 8 nitrogen and oxygen atoms in total. The first-order valence-electron chi connectivity index (χ1n) is 13.6. The van der Waals surface area contributed by atoms with E-state index in [-0.39, 0.29) is 24.7 Å². The van der Waals surface area contributed by atoms with E-state index in [1.54, 1.807) is 0 Å². The summed E-state index contributed by atoms with van der Waals surface area (Å²) in [5.74, 6) is 0.919. The van der Waals surface area contributed by atoms with Gasteiger partial charge in [-0.25, -0.2) is 4.79 Å². The van der Waals surface area contributed by atoms with Crippen LogP contribution in [-0.2, 0) is 9.53 Å². The summed E-state index contributed by atoms with van der Waals surface area (Å²) in [4.78, 5) is 24.4. The number of carbonyl (C=O) groups excluding carboxylic acids is 2. The van der Waals surface area contributed by atoms with E-state index in [1.165, 1.54) is 0 Å². The average molecular weight is 513 g/mol. The second kappa shape index (κ2) is 10.1. The lowest BCUT2D eigenvalue weighted by atomic mass is 9.92. The van der Waals surface area contributed by atoms with Crippen LogP contribution in [0, 0.1) is 17.2 Å². The van der Waals surface area contributed by atoms with E-state index >= 15 is 0 Å². The molecule has 0 spiro atoms. The molecule has 8 heteroatoms. The molecule has 3 aliphatic rings. The third-order valence-electron chi connectivity index (χ3n) is 7.82. The second-order valence-electron chi connectivity index (χ2n) is 10.7. The van der Waals surface area contributed by atoms with Gasteiger partial charge in [0.1, 0.15) is 17.9 Å². The van der Waals surface area contributed by atoms with E-state index < -0.39 is 6.09 Å². The van der Waals surface area contributed by atoms with Crippen molar-refractivity contribution in [1.29, 1.82) is 5.26 Å². The van der Waals surface area contributed by atoms with Crippen LogP contribution in [0.3, 0.4) is 0 Å². The first-order valence-corrected chi connectivity index (χ1v) is 13.6. The molecule has 1 atom stereocenters. The fraction of sp³-hybridized carbons (Fsp3) is 0.433. The van der Waals surface area contributed by atoms with Gasteiger partial charge in [0, 0.05) is 23.2 Å². The van der Waals surface area contributed by atoms with Gasteiger partial charge in [0.2, 0.25) is 0 Å². The van der Waals surface area contributed by atoms with E-state index in [2.05, 4.69) is 21.3 Å². The number of hydrogen-bond donors (Lipinski definition) is 2. The highest BCUT2D eigenvalue weighted by Crippen LogP contribution is 2.43. The number of benzene rings is 2. The van der Waals surface area contributed by atoms with Crippen molar-refractivity contribution in [2.24, 2.45) is 5.92 Å². The fourth-order valence-corrected chi connectivity index (χ4v) is 5.14. The van der Waals surface area contributed by atoms with Crippen molar-refractivity contribution in [2.75, 3.05) is 11.9 Å². The minimum Gasteiger partial charge on any atom is -0.484 e. The molecule has 3 aromatic rings. The predicted octanol–water partition coefficient (Wildman–Crippen LogP) is 5.91. The molecule has 0 radical (unpaired) electrons. The van der Waals surface area contributed by atoms with Crippen LogP contribution in [0.2, 0.25) is 0 Å². The molecular weight excluding hydrogens is 480 g/mol. The van der Waals surface area contributed by atoms with Crippen molar-refractivity contribution < 1.29 is 19.1 Å². The lowest BCUT2D eigenvalue weighted by Gasteiger charge is -2.30. The summed E-state index contributed by atoms with van der Waals surface area (Å²) in [6.45, 7) is 1.89. The Bertz CT molecular complexity index is 1410. The van der Waals surface area contributed by atoms with E-state index in [4.69, 9.17) is 9.47 Å². The number of nitrogens with one attached hydrogen (secondary N) is 2. The van der Waals surface area contributed by atoms with Gasteiger partial charge in [-0.3, -0.25) is 10.1 Å². The lowest BCUT2D eigenvalue weighted by Crippen LogP contribution is -2.30. The summed E-state index contributed by atoms with van der Waals surface area (Å²) in [6.07, 6.45) is 7.04. The quantitative estimate of drug-likeness (QED) is 0.371. The molecule has 1 heterocycles. The van der Waals surface area contributed by atoms with Gasteiger partial charge in [-0.1, -0.05) is 12.1 Å². The Labute approximate surface area is 221 Å². The highest BCUT2D eigenvalue weighted by molar-refractivity contribution is 5.96. The molecule has 196 valence electrons. The summed E-state index contributed by atoms with van der Waals surface area (Å²) in [5.41, 5.74) is 3.98. The highest BCUT2D eigenvalue weighted by atomic mass is 16.6. The van der Waals surface area contributed by atoms with Gasteiger partial charge < -0.3 is 19.4 Å². The molecular formula is C30H32N4O4. The van der Waals surface area contributed by atoms with Gasteiger partial charge in [0.25, 0.3) is 5.91 Å². The third kappa shape index (κ3) is 5.06. The van der Waals surface area contributed by atoms with E-state index in [9.17, 15) is 14.9 Å². The largest absolute Gasteiger partial charge is 0.484 e. The van der Waals surface area contributed by atoms with Crippen LogP contribution in [0.25, 0.3) is 22.2 Å². The number of ether oxygens (including phenoxy) is 2. The van der Waals surface area contributed by atoms with Crippen molar-refractivity contribution >= 4 is 28.6 Å². The predicted molar refractivity (Wildman–Crippen MR) is 144 cm³/mol. The number of carbonyl (C=O) groups is 2. The van der Waals surface area contributed by atoms with Crippen LogP contribution >= 0.6 is 0 Å². The van der Waals surface area contributed by atoms with Crippen LogP contribution in [-0.4, -0.2) is 35.3 Å². The summed E-state index contributed by atoms with van der Waals surface area (Å²) in [6, 6.07) is 16.3. The molecule has 38 heavy (non-hydrogen) atoms. The molecule has 3 saturated carbocycles. The highest BCUT2D eigenvalue weighted by Gasteiger charge is 2.31. The van der Waals surface area contributed by atoms with Gasteiger partial charge in [0.05, 0.1) is 16.8 Å². The maximum Gasteiger partial charge on any atom is 0.411 e. The van der Waals surface area contributed by atoms with Gasteiger partial charge in [-0.15, -0.1) is 0 Å². The number of aromatic nitrogens is 1. The van der Waals surface area contributed by atoms with Gasteiger partial charge >= 0.3 is 6.09 Å². The Kier molecular flexibility index (Phi) is 6.44. The first-order chi connectivity index (χ1) is 18.5. The minimum atomic E-state index is -0.447. The third-order valence-corrected chi connectivity index (χ3v) is 7.82. The fourth-order valence-electron chi connectivity index (χ4n) is 5.14. The second-order valence-corrected chi connectivity index (χ2v) is 10.7. The van der Waals surface area contributed by atoms with E-state index in [0.29, 0.717) is 29.0 Å². The summed E-state index contributed by atoms with van der Waals surface area (Å²) in [7, 11) is 0. The molecule has 3 aliphatic carbocycles. The van der Waals surface area contributed by atoms with Crippen molar-refractivity contribution in [3.05, 3.63) is 48.0 Å². The van der Waals surface area contributed by atoms with Crippen LogP contribution in [0.15, 0.2) is 42.5 Å². The summed E-state index contributed by atoms with van der Waals surface area (Å²) in [5, 5.41) is 16.8. The van der Waals surface area contributed by atoms with Crippen LogP contribution in [0.4, 0.5) is 10.5 Å². The molecule has 2 aromatic carbocycles. The van der Waals surface area contributed by atoms with Crippen molar-refractivity contribution in [3.8, 4) is 23.1 Å². The molecule has 6 rings (SSSR count). The SMILES string of the molecule is CC(OC(=O)Nc1ccc(-c2c(C#N)c3cc(OCC(=O)NC4CC4)ccc3n2C2CCC2)cc1)C1CC1. The van der Waals surface area contributed by atoms with E-state index in [1.807, 2.05) is 49.4 Å². The normalized spacial score (nSPS) is 17.8. The van der Waals surface area contributed by atoms with E-state index in [0.717, 1.165) is 67.1 Å².